The first-order valence-corrected chi connectivity index (χ1v) is 9.48. The van der Waals surface area contributed by atoms with Crippen LogP contribution < -0.4 is 5.32 Å². The normalized spacial score (nSPS) is 21.7. The third-order valence-electron chi connectivity index (χ3n) is 5.58. The van der Waals surface area contributed by atoms with Gasteiger partial charge in [0.25, 0.3) is 5.91 Å². The van der Waals surface area contributed by atoms with Crippen molar-refractivity contribution in [2.45, 2.75) is 26.2 Å². The summed E-state index contributed by atoms with van der Waals surface area (Å²) in [5.41, 5.74) is 0.723. The minimum atomic E-state index is 0. The zero-order valence-corrected chi connectivity index (χ0v) is 16.3. The molecule has 2 aliphatic rings. The second kappa shape index (κ2) is 9.93. The van der Waals surface area contributed by atoms with E-state index in [0.717, 1.165) is 18.7 Å². The van der Waals surface area contributed by atoms with E-state index in [1.165, 1.54) is 12.8 Å². The Kier molecular flexibility index (Phi) is 7.91. The van der Waals surface area contributed by atoms with E-state index >= 15 is 0 Å². The van der Waals surface area contributed by atoms with Gasteiger partial charge in [-0.05, 0) is 49.9 Å². The Morgan fingerprint density at radius 3 is 2.38 bits per heavy atom. The number of nitrogens with one attached hydrogen (secondary N) is 1. The summed E-state index contributed by atoms with van der Waals surface area (Å²) in [5.74, 6) is 1.34. The van der Waals surface area contributed by atoms with Gasteiger partial charge in [0.2, 0.25) is 5.91 Å². The molecule has 0 aliphatic carbocycles. The summed E-state index contributed by atoms with van der Waals surface area (Å²) in [7, 11) is 0. The summed E-state index contributed by atoms with van der Waals surface area (Å²) in [4.78, 5) is 28.9. The zero-order valence-electron chi connectivity index (χ0n) is 15.5. The van der Waals surface area contributed by atoms with Crippen molar-refractivity contribution < 1.29 is 9.59 Å². The van der Waals surface area contributed by atoms with Crippen LogP contribution >= 0.6 is 12.4 Å². The largest absolute Gasteiger partial charge is 0.339 e. The summed E-state index contributed by atoms with van der Waals surface area (Å²) >= 11 is 0. The quantitative estimate of drug-likeness (QED) is 0.874. The molecule has 2 aliphatic heterocycles. The Bertz CT molecular complexity index is 582. The number of piperidine rings is 1. The van der Waals surface area contributed by atoms with Crippen LogP contribution in [0.4, 0.5) is 0 Å². The first-order chi connectivity index (χ1) is 12.1. The molecule has 1 aromatic carbocycles. The van der Waals surface area contributed by atoms with Crippen molar-refractivity contribution in [3.05, 3.63) is 35.9 Å². The van der Waals surface area contributed by atoms with Gasteiger partial charge in [0.05, 0.1) is 0 Å². The molecule has 1 aromatic rings. The summed E-state index contributed by atoms with van der Waals surface area (Å²) in [5, 5.41) is 3.43. The molecule has 2 unspecified atom stereocenters. The van der Waals surface area contributed by atoms with Gasteiger partial charge in [-0.3, -0.25) is 9.59 Å². The SMILES string of the molecule is CC(CC(=O)N1CCN(C(=O)c2ccccc2)CC1)C1CCCNC1.Cl. The number of halogens is 1. The summed E-state index contributed by atoms with van der Waals surface area (Å²) in [6.45, 7) is 6.88. The second-order valence-electron chi connectivity index (χ2n) is 7.33. The summed E-state index contributed by atoms with van der Waals surface area (Å²) < 4.78 is 0. The average molecular weight is 380 g/mol. The molecule has 0 spiro atoms. The Hall–Kier alpha value is -1.59. The molecule has 144 valence electrons. The van der Waals surface area contributed by atoms with Gasteiger partial charge in [0.1, 0.15) is 0 Å². The van der Waals surface area contributed by atoms with Crippen molar-refractivity contribution in [1.29, 1.82) is 0 Å². The lowest BCUT2D eigenvalue weighted by atomic mass is 9.85. The predicted molar refractivity (Wildman–Crippen MR) is 106 cm³/mol. The number of amides is 2. The molecule has 2 atom stereocenters. The van der Waals surface area contributed by atoms with Crippen molar-refractivity contribution in [1.82, 2.24) is 15.1 Å². The number of carbonyl (C=O) groups excluding carboxylic acids is 2. The third-order valence-corrected chi connectivity index (χ3v) is 5.58. The number of nitrogens with zero attached hydrogens (tertiary/aromatic N) is 2. The van der Waals surface area contributed by atoms with Crippen LogP contribution in [0.15, 0.2) is 30.3 Å². The first kappa shape index (κ1) is 20.7. The van der Waals surface area contributed by atoms with Gasteiger partial charge in [-0.25, -0.2) is 0 Å². The number of hydrogen-bond acceptors (Lipinski definition) is 3. The maximum atomic E-state index is 12.6. The maximum absolute atomic E-state index is 12.6. The Morgan fingerprint density at radius 1 is 1.12 bits per heavy atom. The van der Waals surface area contributed by atoms with E-state index in [2.05, 4.69) is 12.2 Å². The topological polar surface area (TPSA) is 52.7 Å². The molecule has 6 heteroatoms. The van der Waals surface area contributed by atoms with Crippen molar-refractivity contribution in [3.8, 4) is 0 Å². The number of piperazine rings is 1. The van der Waals surface area contributed by atoms with Crippen LogP contribution in [-0.2, 0) is 4.79 Å². The van der Waals surface area contributed by atoms with Crippen LogP contribution in [-0.4, -0.2) is 60.9 Å². The average Bonchev–Trinajstić information content (AvgIpc) is 2.69. The van der Waals surface area contributed by atoms with E-state index in [9.17, 15) is 9.59 Å². The van der Waals surface area contributed by atoms with Gasteiger partial charge in [0, 0.05) is 38.2 Å². The van der Waals surface area contributed by atoms with E-state index in [1.807, 2.05) is 40.1 Å². The molecule has 2 heterocycles. The second-order valence-corrected chi connectivity index (χ2v) is 7.33. The minimum Gasteiger partial charge on any atom is -0.339 e. The molecule has 0 radical (unpaired) electrons. The van der Waals surface area contributed by atoms with Gasteiger partial charge in [0.15, 0.2) is 0 Å². The molecule has 1 N–H and O–H groups in total. The van der Waals surface area contributed by atoms with E-state index < -0.39 is 0 Å². The lowest BCUT2D eigenvalue weighted by molar-refractivity contribution is -0.134. The van der Waals surface area contributed by atoms with Crippen molar-refractivity contribution in [2.24, 2.45) is 11.8 Å². The highest BCUT2D eigenvalue weighted by Gasteiger charge is 2.28. The molecule has 5 nitrogen and oxygen atoms in total. The van der Waals surface area contributed by atoms with Crippen LogP contribution in [0.2, 0.25) is 0 Å². The minimum absolute atomic E-state index is 0. The molecule has 0 bridgehead atoms. The molecule has 2 fully saturated rings. The zero-order chi connectivity index (χ0) is 17.6. The molecular weight excluding hydrogens is 350 g/mol. The van der Waals surface area contributed by atoms with E-state index in [-0.39, 0.29) is 24.2 Å². The van der Waals surface area contributed by atoms with Gasteiger partial charge >= 0.3 is 0 Å². The lowest BCUT2D eigenvalue weighted by Crippen LogP contribution is -2.51. The van der Waals surface area contributed by atoms with Gasteiger partial charge in [-0.1, -0.05) is 25.1 Å². The molecule has 26 heavy (non-hydrogen) atoms. The van der Waals surface area contributed by atoms with Crippen molar-refractivity contribution >= 4 is 24.2 Å². The third kappa shape index (κ3) is 5.21. The van der Waals surface area contributed by atoms with E-state index in [1.54, 1.807) is 0 Å². The van der Waals surface area contributed by atoms with Crippen molar-refractivity contribution in [2.75, 3.05) is 39.3 Å². The molecule has 3 rings (SSSR count). The van der Waals surface area contributed by atoms with E-state index in [4.69, 9.17) is 0 Å². The van der Waals surface area contributed by atoms with Crippen LogP contribution in [0.1, 0.15) is 36.5 Å². The Balaban J connectivity index is 0.00000243. The summed E-state index contributed by atoms with van der Waals surface area (Å²) in [6, 6.07) is 9.37. The molecule has 2 saturated heterocycles. The number of rotatable bonds is 4. The summed E-state index contributed by atoms with van der Waals surface area (Å²) in [6.07, 6.45) is 3.06. The lowest BCUT2D eigenvalue weighted by Gasteiger charge is -2.36. The standard InChI is InChI=1S/C20H29N3O2.ClH/c1-16(18-8-5-9-21-15-18)14-19(24)22-10-12-23(13-11-22)20(25)17-6-3-2-4-7-17;/h2-4,6-7,16,18,21H,5,8-15H2,1H3;1H. The van der Waals surface area contributed by atoms with E-state index in [0.29, 0.717) is 44.4 Å². The Labute approximate surface area is 162 Å². The van der Waals surface area contributed by atoms with Crippen molar-refractivity contribution in [3.63, 3.8) is 0 Å². The number of benzene rings is 1. The van der Waals surface area contributed by atoms with Gasteiger partial charge in [-0.2, -0.15) is 0 Å². The predicted octanol–water partition coefficient (Wildman–Crippen LogP) is 2.42. The monoisotopic (exact) mass is 379 g/mol. The fraction of sp³-hybridized carbons (Fsp3) is 0.600. The van der Waals surface area contributed by atoms with Crippen LogP contribution in [0.3, 0.4) is 0 Å². The smallest absolute Gasteiger partial charge is 0.253 e. The number of hydrogen-bond donors (Lipinski definition) is 1. The maximum Gasteiger partial charge on any atom is 0.253 e. The van der Waals surface area contributed by atoms with Gasteiger partial charge < -0.3 is 15.1 Å². The highest BCUT2D eigenvalue weighted by molar-refractivity contribution is 5.94. The number of carbonyl (C=O) groups is 2. The molecule has 0 saturated carbocycles. The first-order valence-electron chi connectivity index (χ1n) is 9.48. The van der Waals surface area contributed by atoms with Crippen LogP contribution in [0.25, 0.3) is 0 Å². The fourth-order valence-electron chi connectivity index (χ4n) is 3.86. The highest BCUT2D eigenvalue weighted by atomic mass is 35.5. The van der Waals surface area contributed by atoms with Crippen LogP contribution in [0, 0.1) is 11.8 Å². The molecule has 0 aromatic heterocycles. The highest BCUT2D eigenvalue weighted by Crippen LogP contribution is 2.23. The molecule has 2 amide bonds. The fourth-order valence-corrected chi connectivity index (χ4v) is 3.86. The van der Waals surface area contributed by atoms with Crippen LogP contribution in [0.5, 0.6) is 0 Å². The van der Waals surface area contributed by atoms with Gasteiger partial charge in [-0.15, -0.1) is 12.4 Å². The Morgan fingerprint density at radius 2 is 1.77 bits per heavy atom. The molecular formula is C20H30ClN3O2.